The predicted molar refractivity (Wildman–Crippen MR) is 56.3 cm³/mol. The van der Waals surface area contributed by atoms with Crippen molar-refractivity contribution >= 4 is 0 Å². The van der Waals surface area contributed by atoms with Crippen LogP contribution in [0.25, 0.3) is 0 Å². The fourth-order valence-electron chi connectivity index (χ4n) is 1.62. The van der Waals surface area contributed by atoms with Crippen molar-refractivity contribution in [2.75, 3.05) is 33.4 Å². The second-order valence-corrected chi connectivity index (χ2v) is 4.15. The van der Waals surface area contributed by atoms with Gasteiger partial charge in [-0.2, -0.15) is 0 Å². The van der Waals surface area contributed by atoms with Crippen LogP contribution >= 0.6 is 0 Å². The fraction of sp³-hybridized carbons (Fsp3) is 1.00. The average molecular weight is 202 g/mol. The molecule has 1 aliphatic rings. The van der Waals surface area contributed by atoms with Crippen molar-refractivity contribution in [3.05, 3.63) is 0 Å². The molecule has 0 aromatic carbocycles. The molecule has 1 saturated heterocycles. The molecule has 0 aromatic rings. The maximum Gasteiger partial charge on any atom is 0.0817 e. The standard InChI is InChI=1S/C10H22N2O2/c1-10(3-5-14-6-4-10)12-8-9(7-11)13-2/h9,12H,3-8,11H2,1-2H3. The van der Waals surface area contributed by atoms with Crippen LogP contribution in [0.4, 0.5) is 0 Å². The van der Waals surface area contributed by atoms with Gasteiger partial charge in [0.15, 0.2) is 0 Å². The molecule has 4 heteroatoms. The highest BCUT2D eigenvalue weighted by molar-refractivity contribution is 4.86. The maximum atomic E-state index is 5.55. The van der Waals surface area contributed by atoms with Gasteiger partial charge in [-0.25, -0.2) is 0 Å². The third-order valence-corrected chi connectivity index (χ3v) is 2.95. The molecular formula is C10H22N2O2. The molecule has 0 aromatic heterocycles. The lowest BCUT2D eigenvalue weighted by molar-refractivity contribution is 0.0346. The van der Waals surface area contributed by atoms with Crippen molar-refractivity contribution in [1.29, 1.82) is 0 Å². The second-order valence-electron chi connectivity index (χ2n) is 4.15. The number of nitrogens with two attached hydrogens (primary N) is 1. The van der Waals surface area contributed by atoms with Crippen LogP contribution in [0, 0.1) is 0 Å². The molecule has 1 aliphatic heterocycles. The van der Waals surface area contributed by atoms with Gasteiger partial charge in [0.25, 0.3) is 0 Å². The van der Waals surface area contributed by atoms with Crippen LogP contribution < -0.4 is 11.1 Å². The van der Waals surface area contributed by atoms with E-state index in [9.17, 15) is 0 Å². The molecule has 3 N–H and O–H groups in total. The van der Waals surface area contributed by atoms with Gasteiger partial charge in [0.2, 0.25) is 0 Å². The summed E-state index contributed by atoms with van der Waals surface area (Å²) < 4.78 is 10.5. The van der Waals surface area contributed by atoms with Crippen LogP contribution in [0.2, 0.25) is 0 Å². The van der Waals surface area contributed by atoms with Crippen molar-refractivity contribution in [3.63, 3.8) is 0 Å². The molecule has 84 valence electrons. The molecule has 0 spiro atoms. The number of hydrogen-bond acceptors (Lipinski definition) is 4. The van der Waals surface area contributed by atoms with Gasteiger partial charge in [-0.3, -0.25) is 0 Å². The first-order chi connectivity index (χ1) is 6.70. The third-order valence-electron chi connectivity index (χ3n) is 2.95. The van der Waals surface area contributed by atoms with E-state index >= 15 is 0 Å². The van der Waals surface area contributed by atoms with Gasteiger partial charge in [-0.1, -0.05) is 0 Å². The van der Waals surface area contributed by atoms with Crippen LogP contribution in [0.1, 0.15) is 19.8 Å². The molecule has 1 unspecified atom stereocenters. The first-order valence-corrected chi connectivity index (χ1v) is 5.26. The Kier molecular flexibility index (Phi) is 4.81. The van der Waals surface area contributed by atoms with Crippen molar-refractivity contribution in [1.82, 2.24) is 5.32 Å². The Morgan fingerprint density at radius 1 is 1.50 bits per heavy atom. The molecule has 0 amide bonds. The summed E-state index contributed by atoms with van der Waals surface area (Å²) in [4.78, 5) is 0. The zero-order chi connectivity index (χ0) is 10.4. The molecule has 4 nitrogen and oxygen atoms in total. The minimum Gasteiger partial charge on any atom is -0.381 e. The molecule has 1 rings (SSSR count). The van der Waals surface area contributed by atoms with Gasteiger partial charge in [0.05, 0.1) is 6.10 Å². The molecule has 0 bridgehead atoms. The van der Waals surface area contributed by atoms with E-state index in [0.717, 1.165) is 32.6 Å². The Morgan fingerprint density at radius 2 is 2.14 bits per heavy atom. The molecule has 1 atom stereocenters. The zero-order valence-corrected chi connectivity index (χ0v) is 9.21. The van der Waals surface area contributed by atoms with Gasteiger partial charge < -0.3 is 20.5 Å². The van der Waals surface area contributed by atoms with E-state index in [0.29, 0.717) is 6.54 Å². The van der Waals surface area contributed by atoms with Crippen molar-refractivity contribution in [3.8, 4) is 0 Å². The smallest absolute Gasteiger partial charge is 0.0817 e. The summed E-state index contributed by atoms with van der Waals surface area (Å²) in [7, 11) is 1.70. The molecule has 0 aliphatic carbocycles. The normalized spacial score (nSPS) is 23.4. The summed E-state index contributed by atoms with van der Waals surface area (Å²) >= 11 is 0. The quantitative estimate of drug-likeness (QED) is 0.665. The second kappa shape index (κ2) is 5.66. The van der Waals surface area contributed by atoms with Gasteiger partial charge >= 0.3 is 0 Å². The Bertz CT molecular complexity index is 154. The van der Waals surface area contributed by atoms with E-state index < -0.39 is 0 Å². The Labute approximate surface area is 86.1 Å². The lowest BCUT2D eigenvalue weighted by atomic mass is 9.92. The lowest BCUT2D eigenvalue weighted by Crippen LogP contribution is -2.50. The minimum atomic E-state index is 0.120. The van der Waals surface area contributed by atoms with E-state index in [2.05, 4.69) is 12.2 Å². The summed E-state index contributed by atoms with van der Waals surface area (Å²) in [5.74, 6) is 0. The molecule has 0 saturated carbocycles. The summed E-state index contributed by atoms with van der Waals surface area (Å²) in [6.07, 6.45) is 2.25. The third kappa shape index (κ3) is 3.53. The molecule has 1 heterocycles. The highest BCUT2D eigenvalue weighted by Crippen LogP contribution is 2.19. The Hall–Kier alpha value is -0.160. The van der Waals surface area contributed by atoms with Gasteiger partial charge in [-0.15, -0.1) is 0 Å². The van der Waals surface area contributed by atoms with E-state index in [1.807, 2.05) is 0 Å². The Balaban J connectivity index is 2.27. The fourth-order valence-corrected chi connectivity index (χ4v) is 1.62. The average Bonchev–Trinajstić information content (AvgIpc) is 2.20. The minimum absolute atomic E-state index is 0.120. The molecule has 0 radical (unpaired) electrons. The monoisotopic (exact) mass is 202 g/mol. The number of methoxy groups -OCH3 is 1. The topological polar surface area (TPSA) is 56.5 Å². The summed E-state index contributed by atoms with van der Waals surface area (Å²) in [5.41, 5.74) is 5.75. The largest absolute Gasteiger partial charge is 0.381 e. The van der Waals surface area contributed by atoms with Gasteiger partial charge in [0.1, 0.15) is 0 Å². The van der Waals surface area contributed by atoms with Gasteiger partial charge in [-0.05, 0) is 19.8 Å². The number of hydrogen-bond donors (Lipinski definition) is 2. The highest BCUT2D eigenvalue weighted by atomic mass is 16.5. The van der Waals surface area contributed by atoms with Crippen molar-refractivity contribution in [2.24, 2.45) is 5.73 Å². The van der Waals surface area contributed by atoms with E-state index in [-0.39, 0.29) is 11.6 Å². The van der Waals surface area contributed by atoms with E-state index in [4.69, 9.17) is 15.2 Å². The number of nitrogens with one attached hydrogen (secondary N) is 1. The number of rotatable bonds is 5. The summed E-state index contributed by atoms with van der Waals surface area (Å²) in [6, 6.07) is 0. The predicted octanol–water partition coefficient (Wildman–Crippen LogP) is 0.119. The van der Waals surface area contributed by atoms with E-state index in [1.54, 1.807) is 7.11 Å². The summed E-state index contributed by atoms with van der Waals surface area (Å²) in [5, 5.41) is 3.51. The van der Waals surface area contributed by atoms with Crippen LogP contribution in [0.15, 0.2) is 0 Å². The zero-order valence-electron chi connectivity index (χ0n) is 9.21. The molecule has 1 fully saturated rings. The van der Waals surface area contributed by atoms with Gasteiger partial charge in [0, 0.05) is 39.0 Å². The molecular weight excluding hydrogens is 180 g/mol. The SMILES string of the molecule is COC(CN)CNC1(C)CCOCC1. The lowest BCUT2D eigenvalue weighted by Gasteiger charge is -2.35. The van der Waals surface area contributed by atoms with Crippen LogP contribution in [0.5, 0.6) is 0 Å². The highest BCUT2D eigenvalue weighted by Gasteiger charge is 2.27. The maximum absolute atomic E-state index is 5.55. The van der Waals surface area contributed by atoms with Crippen molar-refractivity contribution in [2.45, 2.75) is 31.4 Å². The first-order valence-electron chi connectivity index (χ1n) is 5.26. The first kappa shape index (κ1) is 11.9. The van der Waals surface area contributed by atoms with Crippen LogP contribution in [0.3, 0.4) is 0 Å². The number of ether oxygens (including phenoxy) is 2. The van der Waals surface area contributed by atoms with Crippen molar-refractivity contribution < 1.29 is 9.47 Å². The Morgan fingerprint density at radius 3 is 2.64 bits per heavy atom. The molecule has 14 heavy (non-hydrogen) atoms. The van der Waals surface area contributed by atoms with E-state index in [1.165, 1.54) is 0 Å². The summed E-state index contributed by atoms with van der Waals surface area (Å²) in [6.45, 7) is 5.33. The van der Waals surface area contributed by atoms with Crippen LogP contribution in [-0.4, -0.2) is 45.1 Å². The van der Waals surface area contributed by atoms with Crippen LogP contribution in [-0.2, 0) is 9.47 Å².